The number of aromatic carboxylic acids is 1. The number of thiophene rings is 1. The van der Waals surface area contributed by atoms with Crippen LogP contribution in [0.3, 0.4) is 0 Å². The van der Waals surface area contributed by atoms with Crippen LogP contribution in [0.4, 0.5) is 0 Å². The van der Waals surface area contributed by atoms with E-state index in [2.05, 4.69) is 15.3 Å². The molecule has 0 fully saturated rings. The summed E-state index contributed by atoms with van der Waals surface area (Å²) in [6, 6.07) is 5.40. The summed E-state index contributed by atoms with van der Waals surface area (Å²) in [4.78, 5) is 33.9. The zero-order valence-electron chi connectivity index (χ0n) is 15.6. The number of aliphatic imine (C=N–C) groups is 1. The van der Waals surface area contributed by atoms with Crippen molar-refractivity contribution in [2.24, 2.45) is 10.9 Å². The Kier molecular flexibility index (Phi) is 4.30. The first-order chi connectivity index (χ1) is 13.3. The molecule has 0 bridgehead atoms. The zero-order chi connectivity index (χ0) is 20.1. The van der Waals surface area contributed by atoms with Gasteiger partial charge < -0.3 is 14.8 Å². The number of hydrogen-bond acceptors (Lipinski definition) is 6. The van der Waals surface area contributed by atoms with Crippen molar-refractivity contribution in [3.05, 3.63) is 52.4 Å². The molecule has 0 spiro atoms. The van der Waals surface area contributed by atoms with Crippen LogP contribution in [0, 0.1) is 5.92 Å². The maximum Gasteiger partial charge on any atom is 0.338 e. The minimum atomic E-state index is -1.12. The fraction of sp³-hybridized carbons (Fsp3) is 0.300. The molecular weight excluding hydrogens is 378 g/mol. The van der Waals surface area contributed by atoms with Gasteiger partial charge in [0.25, 0.3) is 5.91 Å². The van der Waals surface area contributed by atoms with Crippen LogP contribution >= 0.6 is 11.3 Å². The molecule has 4 heterocycles. The van der Waals surface area contributed by atoms with Gasteiger partial charge in [0, 0.05) is 6.42 Å². The monoisotopic (exact) mass is 397 g/mol. The normalized spacial score (nSPS) is 19.3. The van der Waals surface area contributed by atoms with Crippen molar-refractivity contribution in [3.63, 3.8) is 0 Å². The number of amides is 1. The largest absolute Gasteiger partial charge is 0.478 e. The van der Waals surface area contributed by atoms with Gasteiger partial charge in [0.15, 0.2) is 5.84 Å². The molecule has 1 aliphatic heterocycles. The molecule has 8 heteroatoms. The van der Waals surface area contributed by atoms with Crippen LogP contribution in [-0.4, -0.2) is 33.3 Å². The summed E-state index contributed by atoms with van der Waals surface area (Å²) in [6.45, 7) is 5.55. The maximum absolute atomic E-state index is 12.5. The van der Waals surface area contributed by atoms with Gasteiger partial charge in [0.2, 0.25) is 0 Å². The van der Waals surface area contributed by atoms with Gasteiger partial charge in [-0.2, -0.15) is 0 Å². The molecule has 0 saturated carbocycles. The number of aromatic nitrogens is 1. The lowest BCUT2D eigenvalue weighted by molar-refractivity contribution is -0.124. The van der Waals surface area contributed by atoms with Gasteiger partial charge in [-0.15, -0.1) is 11.3 Å². The molecule has 1 atom stereocenters. The number of hydrogen-bond donors (Lipinski definition) is 2. The number of carbonyl (C=O) groups excluding carboxylic acids is 1. The third kappa shape index (κ3) is 2.80. The average Bonchev–Trinajstić information content (AvgIpc) is 3.35. The molecule has 0 radical (unpaired) electrons. The van der Waals surface area contributed by atoms with Crippen molar-refractivity contribution in [1.29, 1.82) is 0 Å². The SMILES string of the molecule is CC(C)C1(C)N=C(c2nc3ccsc3c(Cc3ccco3)c2C(=O)O)NC1=O. The summed E-state index contributed by atoms with van der Waals surface area (Å²) in [6.07, 6.45) is 1.86. The Morgan fingerprint density at radius 1 is 1.39 bits per heavy atom. The molecule has 28 heavy (non-hydrogen) atoms. The number of furan rings is 1. The van der Waals surface area contributed by atoms with E-state index in [-0.39, 0.29) is 28.9 Å². The first kappa shape index (κ1) is 18.4. The van der Waals surface area contributed by atoms with Crippen LogP contribution in [0.15, 0.2) is 39.3 Å². The van der Waals surface area contributed by atoms with Crippen LogP contribution in [0.5, 0.6) is 0 Å². The molecule has 1 amide bonds. The molecule has 2 N–H and O–H groups in total. The third-order valence-electron chi connectivity index (χ3n) is 5.22. The van der Waals surface area contributed by atoms with Crippen LogP contribution in [-0.2, 0) is 11.2 Å². The van der Waals surface area contributed by atoms with Crippen molar-refractivity contribution in [3.8, 4) is 0 Å². The predicted molar refractivity (Wildman–Crippen MR) is 106 cm³/mol. The highest BCUT2D eigenvalue weighted by molar-refractivity contribution is 7.17. The highest BCUT2D eigenvalue weighted by Crippen LogP contribution is 2.33. The van der Waals surface area contributed by atoms with E-state index in [1.165, 1.54) is 11.3 Å². The van der Waals surface area contributed by atoms with Crippen LogP contribution in [0.1, 0.15) is 48.1 Å². The number of carboxylic acids is 1. The molecule has 0 aliphatic carbocycles. The van der Waals surface area contributed by atoms with Gasteiger partial charge in [0.1, 0.15) is 17.0 Å². The number of carboxylic acid groups (broad SMARTS) is 1. The molecule has 1 unspecified atom stereocenters. The average molecular weight is 397 g/mol. The van der Waals surface area contributed by atoms with Gasteiger partial charge in [-0.25, -0.2) is 14.8 Å². The van der Waals surface area contributed by atoms with Crippen LogP contribution in [0.2, 0.25) is 0 Å². The molecular formula is C20H19N3O4S. The number of amidine groups is 1. The molecule has 3 aromatic rings. The fourth-order valence-corrected chi connectivity index (χ4v) is 4.14. The first-order valence-electron chi connectivity index (χ1n) is 8.88. The number of rotatable bonds is 5. The van der Waals surface area contributed by atoms with Crippen LogP contribution in [0.25, 0.3) is 10.2 Å². The van der Waals surface area contributed by atoms with Gasteiger partial charge in [0.05, 0.1) is 22.0 Å². The smallest absolute Gasteiger partial charge is 0.338 e. The minimum absolute atomic E-state index is 0.0402. The summed E-state index contributed by atoms with van der Waals surface area (Å²) in [5, 5.41) is 14.6. The Bertz CT molecular complexity index is 1110. The Hall–Kier alpha value is -3.00. The molecule has 4 rings (SSSR count). The lowest BCUT2D eigenvalue weighted by atomic mass is 9.89. The zero-order valence-corrected chi connectivity index (χ0v) is 16.5. The van der Waals surface area contributed by atoms with E-state index in [0.717, 1.165) is 4.70 Å². The van der Waals surface area contributed by atoms with E-state index in [4.69, 9.17) is 4.42 Å². The number of nitrogens with zero attached hydrogens (tertiary/aromatic N) is 2. The Morgan fingerprint density at radius 2 is 2.18 bits per heavy atom. The Balaban J connectivity index is 1.96. The second-order valence-corrected chi connectivity index (χ2v) is 8.14. The van der Waals surface area contributed by atoms with Crippen molar-refractivity contribution < 1.29 is 19.1 Å². The predicted octanol–water partition coefficient (Wildman–Crippen LogP) is 3.47. The number of fused-ring (bicyclic) bond motifs is 1. The van der Waals surface area contributed by atoms with Gasteiger partial charge >= 0.3 is 5.97 Å². The van der Waals surface area contributed by atoms with Crippen molar-refractivity contribution in [1.82, 2.24) is 10.3 Å². The van der Waals surface area contributed by atoms with E-state index in [0.29, 0.717) is 23.3 Å². The number of carbonyl (C=O) groups is 2. The standard InChI is InChI=1S/C20H19N3O4S/c1-10(2)20(3)19(26)22-17(23-20)15-14(18(24)25)12(9-11-5-4-7-27-11)16-13(21-15)6-8-28-16/h4-8,10H,9H2,1-3H3,(H,24,25)(H,22,23,26). The maximum atomic E-state index is 12.5. The minimum Gasteiger partial charge on any atom is -0.478 e. The Labute approximate surface area is 165 Å². The first-order valence-corrected chi connectivity index (χ1v) is 9.76. The molecule has 3 aromatic heterocycles. The second kappa shape index (κ2) is 6.56. The Morgan fingerprint density at radius 3 is 2.79 bits per heavy atom. The topological polar surface area (TPSA) is 105 Å². The van der Waals surface area contributed by atoms with Crippen LogP contribution < -0.4 is 5.32 Å². The quantitative estimate of drug-likeness (QED) is 0.686. The van der Waals surface area contributed by atoms with E-state index in [1.807, 2.05) is 25.3 Å². The van der Waals surface area contributed by atoms with Crippen molar-refractivity contribution in [2.75, 3.05) is 0 Å². The van der Waals surface area contributed by atoms with Gasteiger partial charge in [-0.1, -0.05) is 13.8 Å². The summed E-state index contributed by atoms with van der Waals surface area (Å²) < 4.78 is 6.22. The second-order valence-electron chi connectivity index (χ2n) is 7.23. The van der Waals surface area contributed by atoms with Crippen molar-refractivity contribution >= 4 is 39.3 Å². The molecule has 144 valence electrons. The van der Waals surface area contributed by atoms with E-state index in [9.17, 15) is 14.7 Å². The summed E-state index contributed by atoms with van der Waals surface area (Å²) in [5.74, 6) is -0.569. The molecule has 1 aliphatic rings. The van der Waals surface area contributed by atoms with Gasteiger partial charge in [-0.3, -0.25) is 4.79 Å². The van der Waals surface area contributed by atoms with E-state index < -0.39 is 11.5 Å². The summed E-state index contributed by atoms with van der Waals surface area (Å²) in [5.41, 5.74) is 0.530. The lowest BCUT2D eigenvalue weighted by Crippen LogP contribution is -2.41. The highest BCUT2D eigenvalue weighted by atomic mass is 32.1. The highest BCUT2D eigenvalue weighted by Gasteiger charge is 2.43. The van der Waals surface area contributed by atoms with Crippen molar-refractivity contribution in [2.45, 2.75) is 32.7 Å². The summed E-state index contributed by atoms with van der Waals surface area (Å²) >= 11 is 1.43. The number of pyridine rings is 1. The van der Waals surface area contributed by atoms with E-state index >= 15 is 0 Å². The number of nitrogens with one attached hydrogen (secondary N) is 1. The fourth-order valence-electron chi connectivity index (χ4n) is 3.26. The summed E-state index contributed by atoms with van der Waals surface area (Å²) in [7, 11) is 0. The third-order valence-corrected chi connectivity index (χ3v) is 6.18. The molecule has 7 nitrogen and oxygen atoms in total. The van der Waals surface area contributed by atoms with Gasteiger partial charge in [-0.05, 0) is 42.0 Å². The lowest BCUT2D eigenvalue weighted by Gasteiger charge is -2.21. The molecule has 0 saturated heterocycles. The molecule has 0 aromatic carbocycles. The van der Waals surface area contributed by atoms with E-state index in [1.54, 1.807) is 25.3 Å².